The van der Waals surface area contributed by atoms with E-state index in [1.807, 2.05) is 27.7 Å². The Hall–Kier alpha value is -0.170. The maximum atomic E-state index is 11.1. The molecule has 0 rings (SSSR count). The molecule has 1 N–H and O–H groups in total. The molecule has 6 heteroatoms. The van der Waals surface area contributed by atoms with Gasteiger partial charge in [0.1, 0.15) is 0 Å². The van der Waals surface area contributed by atoms with Gasteiger partial charge in [-0.05, 0) is 12.3 Å². The van der Waals surface area contributed by atoms with Gasteiger partial charge in [0, 0.05) is 7.05 Å². The van der Waals surface area contributed by atoms with Gasteiger partial charge in [-0.25, -0.2) is 12.7 Å². The number of aliphatic hydroxyl groups excluding tert-OH is 1. The molecule has 16 heavy (non-hydrogen) atoms. The molecule has 0 bridgehead atoms. The standard InChI is InChI=1S/C10H23NO4S/c1-8(10(2,3)4)15-9(12)7-11(5)16(6,13)14/h8-9,12H,7H2,1-6H3/t8-,9+/m0/s1. The molecule has 0 heterocycles. The van der Waals surface area contributed by atoms with E-state index in [-0.39, 0.29) is 18.1 Å². The zero-order valence-corrected chi connectivity index (χ0v) is 11.7. The van der Waals surface area contributed by atoms with E-state index in [0.29, 0.717) is 0 Å². The Balaban J connectivity index is 4.25. The number of ether oxygens (including phenoxy) is 1. The summed E-state index contributed by atoms with van der Waals surface area (Å²) in [6, 6.07) is 0. The summed E-state index contributed by atoms with van der Waals surface area (Å²) in [5.74, 6) is 0. The summed E-state index contributed by atoms with van der Waals surface area (Å²) in [6.07, 6.45) is -0.170. The molecule has 0 aromatic carbocycles. The first-order valence-corrected chi connectivity index (χ1v) is 7.04. The molecule has 0 aliphatic rings. The first-order valence-electron chi connectivity index (χ1n) is 5.19. The van der Waals surface area contributed by atoms with Crippen LogP contribution >= 0.6 is 0 Å². The van der Waals surface area contributed by atoms with Crippen molar-refractivity contribution in [2.24, 2.45) is 5.41 Å². The predicted octanol–water partition coefficient (Wildman–Crippen LogP) is 0.647. The quantitative estimate of drug-likeness (QED) is 0.730. The van der Waals surface area contributed by atoms with E-state index in [0.717, 1.165) is 10.6 Å². The van der Waals surface area contributed by atoms with Gasteiger partial charge >= 0.3 is 0 Å². The van der Waals surface area contributed by atoms with Crippen LogP contribution in [0.4, 0.5) is 0 Å². The smallest absolute Gasteiger partial charge is 0.211 e. The Morgan fingerprint density at radius 3 is 2.12 bits per heavy atom. The first-order chi connectivity index (χ1) is 6.94. The van der Waals surface area contributed by atoms with Gasteiger partial charge in [-0.1, -0.05) is 20.8 Å². The largest absolute Gasteiger partial charge is 0.367 e. The summed E-state index contributed by atoms with van der Waals surface area (Å²) < 4.78 is 28.6. The van der Waals surface area contributed by atoms with E-state index in [4.69, 9.17) is 4.74 Å². The molecule has 0 spiro atoms. The first kappa shape index (κ1) is 15.8. The second-order valence-electron chi connectivity index (χ2n) is 5.14. The molecule has 0 aliphatic heterocycles. The molecule has 0 saturated heterocycles. The van der Waals surface area contributed by atoms with Gasteiger partial charge in [0.25, 0.3) is 0 Å². The van der Waals surface area contributed by atoms with Crippen molar-refractivity contribution in [3.63, 3.8) is 0 Å². The lowest BCUT2D eigenvalue weighted by Gasteiger charge is -2.30. The van der Waals surface area contributed by atoms with Crippen molar-refractivity contribution >= 4 is 10.0 Å². The average molecular weight is 253 g/mol. The van der Waals surface area contributed by atoms with Crippen molar-refractivity contribution < 1.29 is 18.3 Å². The van der Waals surface area contributed by atoms with Crippen LogP contribution in [0.3, 0.4) is 0 Å². The molecule has 0 aromatic rings. The van der Waals surface area contributed by atoms with Gasteiger partial charge in [0.2, 0.25) is 10.0 Å². The molecule has 0 fully saturated rings. The second kappa shape index (κ2) is 5.44. The van der Waals surface area contributed by atoms with Crippen molar-refractivity contribution in [3.05, 3.63) is 0 Å². The van der Waals surface area contributed by atoms with E-state index in [1.165, 1.54) is 7.05 Å². The molecule has 0 saturated carbocycles. The fraction of sp³-hybridized carbons (Fsp3) is 1.00. The van der Waals surface area contributed by atoms with Crippen LogP contribution < -0.4 is 0 Å². The second-order valence-corrected chi connectivity index (χ2v) is 7.23. The van der Waals surface area contributed by atoms with Gasteiger partial charge in [0.15, 0.2) is 6.29 Å². The minimum Gasteiger partial charge on any atom is -0.367 e. The normalized spacial score (nSPS) is 17.5. The third-order valence-corrected chi connectivity index (χ3v) is 3.84. The van der Waals surface area contributed by atoms with Crippen LogP contribution in [0.25, 0.3) is 0 Å². The monoisotopic (exact) mass is 253 g/mol. The van der Waals surface area contributed by atoms with Crippen LogP contribution in [0.5, 0.6) is 0 Å². The number of rotatable bonds is 5. The fourth-order valence-electron chi connectivity index (χ4n) is 0.838. The molecule has 2 atom stereocenters. The summed E-state index contributed by atoms with van der Waals surface area (Å²) in [6.45, 7) is 7.77. The van der Waals surface area contributed by atoms with Crippen LogP contribution in [-0.2, 0) is 14.8 Å². The summed E-state index contributed by atoms with van der Waals surface area (Å²) >= 11 is 0. The van der Waals surface area contributed by atoms with Gasteiger partial charge in [-0.2, -0.15) is 0 Å². The number of likely N-dealkylation sites (N-methyl/N-ethyl adjacent to an activating group) is 1. The van der Waals surface area contributed by atoms with Crippen LogP contribution in [0.2, 0.25) is 0 Å². The van der Waals surface area contributed by atoms with Crippen molar-refractivity contribution in [1.82, 2.24) is 4.31 Å². The third-order valence-electron chi connectivity index (χ3n) is 2.56. The van der Waals surface area contributed by atoms with Crippen LogP contribution in [0.1, 0.15) is 27.7 Å². The molecule has 0 radical (unpaired) electrons. The number of aliphatic hydroxyl groups is 1. The van der Waals surface area contributed by atoms with Crippen molar-refractivity contribution in [2.75, 3.05) is 19.8 Å². The molecular weight excluding hydrogens is 230 g/mol. The van der Waals surface area contributed by atoms with Crippen LogP contribution in [0, 0.1) is 5.41 Å². The highest BCUT2D eigenvalue weighted by molar-refractivity contribution is 7.88. The Morgan fingerprint density at radius 2 is 1.81 bits per heavy atom. The van der Waals surface area contributed by atoms with E-state index in [1.54, 1.807) is 0 Å². The summed E-state index contributed by atoms with van der Waals surface area (Å²) in [4.78, 5) is 0. The van der Waals surface area contributed by atoms with Gasteiger partial charge < -0.3 is 9.84 Å². The molecule has 5 nitrogen and oxygen atoms in total. The maximum Gasteiger partial charge on any atom is 0.211 e. The molecular formula is C10H23NO4S. The SMILES string of the molecule is C[C@H](O[C@@H](O)CN(C)S(C)(=O)=O)C(C)(C)C. The van der Waals surface area contributed by atoms with Gasteiger partial charge in [-0.3, -0.25) is 0 Å². The molecule has 0 aromatic heterocycles. The van der Waals surface area contributed by atoms with Crippen molar-refractivity contribution in [2.45, 2.75) is 40.1 Å². The molecule has 98 valence electrons. The lowest BCUT2D eigenvalue weighted by molar-refractivity contribution is -0.159. The minimum absolute atomic E-state index is 0.0563. The number of hydrogen-bond donors (Lipinski definition) is 1. The maximum absolute atomic E-state index is 11.1. The van der Waals surface area contributed by atoms with E-state index in [2.05, 4.69) is 0 Å². The highest BCUT2D eigenvalue weighted by Crippen LogP contribution is 2.22. The molecule has 0 unspecified atom stereocenters. The average Bonchev–Trinajstić information content (AvgIpc) is 1.99. The lowest BCUT2D eigenvalue weighted by atomic mass is 9.90. The molecule has 0 aliphatic carbocycles. The highest BCUT2D eigenvalue weighted by Gasteiger charge is 2.25. The van der Waals surface area contributed by atoms with Gasteiger partial charge in [0.05, 0.1) is 18.9 Å². The van der Waals surface area contributed by atoms with Crippen LogP contribution in [0.15, 0.2) is 0 Å². The van der Waals surface area contributed by atoms with Crippen molar-refractivity contribution in [1.29, 1.82) is 0 Å². The van der Waals surface area contributed by atoms with Crippen molar-refractivity contribution in [3.8, 4) is 0 Å². The Morgan fingerprint density at radius 1 is 1.38 bits per heavy atom. The Bertz CT molecular complexity index is 307. The summed E-state index contributed by atoms with van der Waals surface area (Å²) in [5.41, 5.74) is -0.0926. The zero-order chi connectivity index (χ0) is 13.1. The number of nitrogens with zero attached hydrogens (tertiary/aromatic N) is 1. The minimum atomic E-state index is -3.28. The number of sulfonamides is 1. The van der Waals surface area contributed by atoms with E-state index in [9.17, 15) is 13.5 Å². The number of hydrogen-bond acceptors (Lipinski definition) is 4. The van der Waals surface area contributed by atoms with E-state index < -0.39 is 16.3 Å². The predicted molar refractivity (Wildman–Crippen MR) is 63.5 cm³/mol. The topological polar surface area (TPSA) is 66.8 Å². The van der Waals surface area contributed by atoms with Gasteiger partial charge in [-0.15, -0.1) is 0 Å². The Labute approximate surface area is 98.5 Å². The molecule has 0 amide bonds. The third kappa shape index (κ3) is 5.79. The fourth-order valence-corrected chi connectivity index (χ4v) is 1.24. The highest BCUT2D eigenvalue weighted by atomic mass is 32.2. The van der Waals surface area contributed by atoms with E-state index >= 15 is 0 Å². The summed E-state index contributed by atoms with van der Waals surface area (Å²) in [7, 11) is -1.87. The van der Waals surface area contributed by atoms with Crippen LogP contribution in [-0.4, -0.2) is 50.1 Å². The Kier molecular flexibility index (Phi) is 5.38. The lowest BCUT2D eigenvalue weighted by Crippen LogP contribution is -2.39. The zero-order valence-electron chi connectivity index (χ0n) is 10.9. The summed E-state index contributed by atoms with van der Waals surface area (Å²) in [5, 5.41) is 9.59.